The summed E-state index contributed by atoms with van der Waals surface area (Å²) in [5.74, 6) is -0.0325. The first kappa shape index (κ1) is 15.1. The van der Waals surface area contributed by atoms with E-state index in [1.54, 1.807) is 6.07 Å². The Morgan fingerprint density at radius 1 is 1.04 bits per heavy atom. The Morgan fingerprint density at radius 2 is 1.83 bits per heavy atom. The Hall–Kier alpha value is -2.43. The number of aryl methyl sites for hydroxylation is 2. The number of amides is 1. The molecule has 2 aromatic rings. The number of benzene rings is 1. The third kappa shape index (κ3) is 2.86. The molecule has 0 bridgehead atoms. The Kier molecular flexibility index (Phi) is 3.92. The molecule has 1 aromatic carbocycles. The molecule has 0 saturated carbocycles. The van der Waals surface area contributed by atoms with Crippen LogP contribution in [0.2, 0.25) is 0 Å². The zero-order chi connectivity index (χ0) is 16.5. The second kappa shape index (κ2) is 6.23. The van der Waals surface area contributed by atoms with Gasteiger partial charge in [-0.1, -0.05) is 24.3 Å². The van der Waals surface area contributed by atoms with E-state index >= 15 is 0 Å². The van der Waals surface area contributed by atoms with Crippen molar-refractivity contribution in [1.82, 2.24) is 14.7 Å². The topological polar surface area (TPSA) is 55.2 Å². The average molecular weight is 323 g/mol. The molecule has 1 amide bonds. The zero-order valence-electron chi connectivity index (χ0n) is 13.7. The minimum Gasteiger partial charge on any atom is -0.336 e. The van der Waals surface area contributed by atoms with E-state index in [-0.39, 0.29) is 18.0 Å². The van der Waals surface area contributed by atoms with Gasteiger partial charge in [-0.25, -0.2) is 4.68 Å². The van der Waals surface area contributed by atoms with E-state index in [0.29, 0.717) is 13.1 Å². The number of nitrogens with zero attached hydrogens (tertiary/aromatic N) is 3. The molecular weight excluding hydrogens is 302 g/mol. The van der Waals surface area contributed by atoms with Gasteiger partial charge < -0.3 is 4.90 Å². The molecule has 0 atom stereocenters. The summed E-state index contributed by atoms with van der Waals surface area (Å²) >= 11 is 0. The molecule has 1 aliphatic carbocycles. The molecule has 1 aromatic heterocycles. The highest BCUT2D eigenvalue weighted by atomic mass is 16.2. The predicted molar refractivity (Wildman–Crippen MR) is 90.7 cm³/mol. The number of fused-ring (bicyclic) bond motifs is 2. The van der Waals surface area contributed by atoms with Gasteiger partial charge in [0, 0.05) is 19.2 Å². The summed E-state index contributed by atoms with van der Waals surface area (Å²) in [6.07, 6.45) is 4.92. The van der Waals surface area contributed by atoms with Gasteiger partial charge in [0.2, 0.25) is 5.91 Å². The maximum atomic E-state index is 12.6. The highest BCUT2D eigenvalue weighted by Crippen LogP contribution is 2.19. The number of carbonyl (C=O) groups is 1. The lowest BCUT2D eigenvalue weighted by molar-refractivity contribution is -0.133. The van der Waals surface area contributed by atoms with Crippen LogP contribution in [0.3, 0.4) is 0 Å². The van der Waals surface area contributed by atoms with Gasteiger partial charge >= 0.3 is 0 Å². The molecule has 2 aliphatic rings. The summed E-state index contributed by atoms with van der Waals surface area (Å²) in [5.41, 5.74) is 4.38. The Morgan fingerprint density at radius 3 is 2.71 bits per heavy atom. The summed E-state index contributed by atoms with van der Waals surface area (Å²) in [7, 11) is 0. The first-order valence-electron chi connectivity index (χ1n) is 8.65. The van der Waals surface area contributed by atoms with Gasteiger partial charge in [-0.05, 0) is 48.8 Å². The van der Waals surface area contributed by atoms with Crippen LogP contribution in [0.4, 0.5) is 0 Å². The van der Waals surface area contributed by atoms with E-state index in [1.165, 1.54) is 15.8 Å². The van der Waals surface area contributed by atoms with Crippen molar-refractivity contribution in [2.24, 2.45) is 0 Å². The van der Waals surface area contributed by atoms with Crippen molar-refractivity contribution in [3.8, 4) is 0 Å². The minimum absolute atomic E-state index is 0.0325. The Balaban J connectivity index is 1.52. The summed E-state index contributed by atoms with van der Waals surface area (Å²) in [6.45, 7) is 1.36. The molecular formula is C19H21N3O2. The van der Waals surface area contributed by atoms with Gasteiger partial charge in [0.25, 0.3) is 5.56 Å². The normalized spacial score (nSPS) is 16.4. The third-order valence-electron chi connectivity index (χ3n) is 5.04. The molecule has 0 radical (unpaired) electrons. The first-order valence-corrected chi connectivity index (χ1v) is 8.65. The molecule has 0 fully saturated rings. The molecule has 124 valence electrons. The molecule has 0 saturated heterocycles. The standard InChI is InChI=1S/C19H21N3O2/c23-18-11-15-6-3-4-8-17(15)20-22(18)13-19(24)21-10-9-14-5-1-2-7-16(14)12-21/h1-2,5,7,11H,3-4,6,8-10,12-13H2. The molecule has 5 nitrogen and oxygen atoms in total. The summed E-state index contributed by atoms with van der Waals surface area (Å²) < 4.78 is 1.34. The van der Waals surface area contributed by atoms with Crippen LogP contribution >= 0.6 is 0 Å². The molecule has 5 heteroatoms. The van der Waals surface area contributed by atoms with E-state index in [9.17, 15) is 9.59 Å². The molecule has 24 heavy (non-hydrogen) atoms. The van der Waals surface area contributed by atoms with Crippen LogP contribution in [-0.4, -0.2) is 27.1 Å². The van der Waals surface area contributed by atoms with Crippen molar-refractivity contribution >= 4 is 5.91 Å². The van der Waals surface area contributed by atoms with Crippen LogP contribution in [0, 0.1) is 0 Å². The molecule has 2 heterocycles. The lowest BCUT2D eigenvalue weighted by atomic mass is 9.97. The molecule has 4 rings (SSSR count). The largest absolute Gasteiger partial charge is 0.336 e. The Bertz CT molecular complexity index is 841. The van der Waals surface area contributed by atoms with E-state index in [1.807, 2.05) is 17.0 Å². The highest BCUT2D eigenvalue weighted by molar-refractivity contribution is 5.76. The lowest BCUT2D eigenvalue weighted by Gasteiger charge is -2.29. The van der Waals surface area contributed by atoms with Crippen LogP contribution in [0.5, 0.6) is 0 Å². The average Bonchev–Trinajstić information content (AvgIpc) is 2.62. The maximum absolute atomic E-state index is 12.6. The second-order valence-electron chi connectivity index (χ2n) is 6.65. The fourth-order valence-corrected chi connectivity index (χ4v) is 3.65. The number of rotatable bonds is 2. The van der Waals surface area contributed by atoms with Crippen LogP contribution < -0.4 is 5.56 Å². The van der Waals surface area contributed by atoms with Gasteiger partial charge in [0.1, 0.15) is 6.54 Å². The van der Waals surface area contributed by atoms with Crippen LogP contribution in [-0.2, 0) is 37.1 Å². The van der Waals surface area contributed by atoms with E-state index in [0.717, 1.165) is 43.4 Å². The van der Waals surface area contributed by atoms with Crippen molar-refractivity contribution in [1.29, 1.82) is 0 Å². The van der Waals surface area contributed by atoms with E-state index < -0.39 is 0 Å². The lowest BCUT2D eigenvalue weighted by Crippen LogP contribution is -2.40. The molecule has 0 N–H and O–H groups in total. The fraction of sp³-hybridized carbons (Fsp3) is 0.421. The molecule has 1 aliphatic heterocycles. The number of aromatic nitrogens is 2. The summed E-state index contributed by atoms with van der Waals surface area (Å²) in [6, 6.07) is 9.89. The number of hydrogen-bond acceptors (Lipinski definition) is 3. The van der Waals surface area contributed by atoms with Crippen LogP contribution in [0.1, 0.15) is 35.2 Å². The SMILES string of the molecule is O=C(Cn1nc2c(cc1=O)CCCC2)N1CCc2ccccc2C1. The first-order chi connectivity index (χ1) is 11.7. The van der Waals surface area contributed by atoms with Crippen LogP contribution in [0.15, 0.2) is 35.1 Å². The van der Waals surface area contributed by atoms with E-state index in [2.05, 4.69) is 17.2 Å². The predicted octanol–water partition coefficient (Wildman–Crippen LogP) is 1.71. The van der Waals surface area contributed by atoms with Crippen molar-refractivity contribution in [3.63, 3.8) is 0 Å². The molecule has 0 spiro atoms. The van der Waals surface area contributed by atoms with Crippen molar-refractivity contribution in [2.75, 3.05) is 6.54 Å². The van der Waals surface area contributed by atoms with Crippen LogP contribution in [0.25, 0.3) is 0 Å². The smallest absolute Gasteiger partial charge is 0.267 e. The van der Waals surface area contributed by atoms with Crippen molar-refractivity contribution in [3.05, 3.63) is 63.1 Å². The monoisotopic (exact) mass is 323 g/mol. The van der Waals surface area contributed by atoms with Gasteiger partial charge in [-0.3, -0.25) is 9.59 Å². The maximum Gasteiger partial charge on any atom is 0.267 e. The van der Waals surface area contributed by atoms with E-state index in [4.69, 9.17) is 0 Å². The van der Waals surface area contributed by atoms with Crippen molar-refractivity contribution < 1.29 is 4.79 Å². The Labute approximate surface area is 140 Å². The quantitative estimate of drug-likeness (QED) is 0.845. The minimum atomic E-state index is -0.165. The van der Waals surface area contributed by atoms with Gasteiger partial charge in [-0.15, -0.1) is 0 Å². The van der Waals surface area contributed by atoms with Crippen molar-refractivity contribution in [2.45, 2.75) is 45.2 Å². The summed E-state index contributed by atoms with van der Waals surface area (Å²) in [5, 5.41) is 4.45. The number of carbonyl (C=O) groups excluding carboxylic acids is 1. The van der Waals surface area contributed by atoms with Gasteiger partial charge in [0.15, 0.2) is 0 Å². The highest BCUT2D eigenvalue weighted by Gasteiger charge is 2.22. The fourth-order valence-electron chi connectivity index (χ4n) is 3.65. The molecule has 0 unspecified atom stereocenters. The van der Waals surface area contributed by atoms with Gasteiger partial charge in [0.05, 0.1) is 5.69 Å². The number of hydrogen-bond donors (Lipinski definition) is 0. The van der Waals surface area contributed by atoms with Gasteiger partial charge in [-0.2, -0.15) is 5.10 Å². The zero-order valence-corrected chi connectivity index (χ0v) is 13.7. The second-order valence-corrected chi connectivity index (χ2v) is 6.65. The summed E-state index contributed by atoms with van der Waals surface area (Å²) in [4.78, 5) is 26.7. The third-order valence-corrected chi connectivity index (χ3v) is 5.04.